The number of aryl methyl sites for hydroxylation is 2. The second kappa shape index (κ2) is 8.40. The van der Waals surface area contributed by atoms with Gasteiger partial charge in [0.1, 0.15) is 11.6 Å². The normalized spacial score (nSPS) is 16.9. The summed E-state index contributed by atoms with van der Waals surface area (Å²) in [6, 6.07) is 5.90. The van der Waals surface area contributed by atoms with E-state index in [4.69, 9.17) is 16.3 Å². The van der Waals surface area contributed by atoms with Crippen LogP contribution in [-0.2, 0) is 25.9 Å². The number of rotatable bonds is 5. The number of aliphatic imine (C=N–C) groups is 1. The van der Waals surface area contributed by atoms with Crippen LogP contribution in [0.3, 0.4) is 0 Å². The number of methoxy groups -OCH3 is 1. The predicted octanol–water partition coefficient (Wildman–Crippen LogP) is 2.18. The topological polar surface area (TPSA) is 76.4 Å². The van der Waals surface area contributed by atoms with E-state index in [0.29, 0.717) is 11.6 Å². The molecule has 3 rings (SSSR count). The summed E-state index contributed by atoms with van der Waals surface area (Å²) >= 11 is 6.02. The molecule has 0 fully saturated rings. The van der Waals surface area contributed by atoms with Crippen molar-refractivity contribution in [1.82, 2.24) is 25.4 Å². The molecule has 0 saturated carbocycles. The van der Waals surface area contributed by atoms with Crippen LogP contribution in [0, 0.1) is 0 Å². The zero-order valence-electron chi connectivity index (χ0n) is 15.4. The maximum Gasteiger partial charge on any atom is 0.191 e. The minimum absolute atomic E-state index is 0.271. The van der Waals surface area contributed by atoms with Crippen LogP contribution in [0.15, 0.2) is 23.2 Å². The summed E-state index contributed by atoms with van der Waals surface area (Å²) in [7, 11) is 3.41. The Morgan fingerprint density at radius 2 is 2.31 bits per heavy atom. The lowest BCUT2D eigenvalue weighted by molar-refractivity contribution is 0.391. The van der Waals surface area contributed by atoms with Gasteiger partial charge in [-0.3, -0.25) is 4.99 Å². The second-order valence-electron chi connectivity index (χ2n) is 6.24. The van der Waals surface area contributed by atoms with Crippen LogP contribution in [0.1, 0.15) is 30.6 Å². The molecule has 1 aromatic heterocycles. The first kappa shape index (κ1) is 18.5. The Hall–Kier alpha value is -2.28. The molecule has 0 saturated heterocycles. The summed E-state index contributed by atoms with van der Waals surface area (Å²) in [6.45, 7) is 3.47. The van der Waals surface area contributed by atoms with Gasteiger partial charge in [-0.15, -0.1) is 0 Å². The molecule has 0 spiro atoms. The van der Waals surface area contributed by atoms with E-state index < -0.39 is 0 Å². The fourth-order valence-electron chi connectivity index (χ4n) is 3.06. The van der Waals surface area contributed by atoms with Crippen molar-refractivity contribution in [3.63, 3.8) is 0 Å². The lowest BCUT2D eigenvalue weighted by Crippen LogP contribution is -2.46. The van der Waals surface area contributed by atoms with Gasteiger partial charge in [0.25, 0.3) is 0 Å². The van der Waals surface area contributed by atoms with Crippen LogP contribution in [0.4, 0.5) is 0 Å². The lowest BCUT2D eigenvalue weighted by Gasteiger charge is -2.25. The first-order valence-electron chi connectivity index (χ1n) is 8.85. The highest BCUT2D eigenvalue weighted by Crippen LogP contribution is 2.22. The number of fused-ring (bicyclic) bond motifs is 1. The molecule has 2 N–H and O–H groups in total. The first-order chi connectivity index (χ1) is 12.6. The monoisotopic (exact) mass is 376 g/mol. The Morgan fingerprint density at radius 1 is 1.46 bits per heavy atom. The summed E-state index contributed by atoms with van der Waals surface area (Å²) in [4.78, 5) is 8.89. The van der Waals surface area contributed by atoms with E-state index in [1.54, 1.807) is 14.2 Å². The average molecular weight is 377 g/mol. The largest absolute Gasteiger partial charge is 0.496 e. The molecule has 1 unspecified atom stereocenters. The Morgan fingerprint density at radius 3 is 3.04 bits per heavy atom. The van der Waals surface area contributed by atoms with E-state index in [1.165, 1.54) is 0 Å². The van der Waals surface area contributed by atoms with Gasteiger partial charge in [0, 0.05) is 43.1 Å². The van der Waals surface area contributed by atoms with Crippen molar-refractivity contribution in [2.75, 3.05) is 14.2 Å². The van der Waals surface area contributed by atoms with Crippen LogP contribution in [0.2, 0.25) is 5.02 Å². The van der Waals surface area contributed by atoms with Crippen molar-refractivity contribution in [2.45, 2.75) is 45.3 Å². The molecule has 0 aliphatic carbocycles. The van der Waals surface area contributed by atoms with E-state index >= 15 is 0 Å². The SMILES string of the molecule is CCc1nc2n(n1)CC(NC(=NC)NCc1ccc(Cl)cc1OC)CC2. The molecule has 7 nitrogen and oxygen atoms in total. The van der Waals surface area contributed by atoms with Crippen LogP contribution >= 0.6 is 11.6 Å². The Labute approximate surface area is 158 Å². The minimum atomic E-state index is 0.271. The number of benzene rings is 1. The number of nitrogens with zero attached hydrogens (tertiary/aromatic N) is 4. The third kappa shape index (κ3) is 4.27. The number of nitrogens with one attached hydrogen (secondary N) is 2. The Balaban J connectivity index is 1.59. The van der Waals surface area contributed by atoms with Gasteiger partial charge >= 0.3 is 0 Å². The summed E-state index contributed by atoms with van der Waals surface area (Å²) in [5.74, 6) is 3.51. The van der Waals surface area contributed by atoms with Crippen LogP contribution in [0.5, 0.6) is 5.75 Å². The van der Waals surface area contributed by atoms with Gasteiger partial charge in [-0.2, -0.15) is 5.10 Å². The van der Waals surface area contributed by atoms with Gasteiger partial charge in [-0.1, -0.05) is 24.6 Å². The molecular weight excluding hydrogens is 352 g/mol. The van der Waals surface area contributed by atoms with Crippen LogP contribution in [-0.4, -0.2) is 40.9 Å². The van der Waals surface area contributed by atoms with Gasteiger partial charge in [0.15, 0.2) is 11.8 Å². The number of ether oxygens (including phenoxy) is 1. The van der Waals surface area contributed by atoms with E-state index in [2.05, 4.69) is 32.6 Å². The maximum absolute atomic E-state index is 6.02. The smallest absolute Gasteiger partial charge is 0.191 e. The lowest BCUT2D eigenvalue weighted by atomic mass is 10.1. The van der Waals surface area contributed by atoms with E-state index in [0.717, 1.165) is 54.7 Å². The molecule has 26 heavy (non-hydrogen) atoms. The number of halogens is 1. The van der Waals surface area contributed by atoms with Gasteiger partial charge < -0.3 is 15.4 Å². The highest BCUT2D eigenvalue weighted by Gasteiger charge is 2.22. The molecule has 0 amide bonds. The minimum Gasteiger partial charge on any atom is -0.496 e. The van der Waals surface area contributed by atoms with Gasteiger partial charge in [0.2, 0.25) is 0 Å². The van der Waals surface area contributed by atoms with Gasteiger partial charge in [0.05, 0.1) is 13.7 Å². The maximum atomic E-state index is 6.02. The third-order valence-corrected chi connectivity index (χ3v) is 4.71. The third-order valence-electron chi connectivity index (χ3n) is 4.48. The zero-order chi connectivity index (χ0) is 18.5. The molecule has 0 bridgehead atoms. The fraction of sp³-hybridized carbons (Fsp3) is 0.500. The van der Waals surface area contributed by atoms with Crippen molar-refractivity contribution < 1.29 is 4.74 Å². The summed E-state index contributed by atoms with van der Waals surface area (Å²) in [5.41, 5.74) is 1.02. The van der Waals surface area contributed by atoms with Crippen molar-refractivity contribution in [2.24, 2.45) is 4.99 Å². The van der Waals surface area contributed by atoms with Gasteiger partial charge in [-0.05, 0) is 18.6 Å². The highest BCUT2D eigenvalue weighted by atomic mass is 35.5. The van der Waals surface area contributed by atoms with E-state index in [-0.39, 0.29) is 6.04 Å². The molecule has 2 heterocycles. The molecule has 140 valence electrons. The van der Waals surface area contributed by atoms with E-state index in [9.17, 15) is 0 Å². The zero-order valence-corrected chi connectivity index (χ0v) is 16.2. The molecule has 1 atom stereocenters. The Kier molecular flexibility index (Phi) is 5.98. The molecule has 1 aliphatic rings. The number of hydrogen-bond donors (Lipinski definition) is 2. The number of guanidine groups is 1. The van der Waals surface area contributed by atoms with Crippen molar-refractivity contribution in [3.05, 3.63) is 40.4 Å². The second-order valence-corrected chi connectivity index (χ2v) is 6.68. The van der Waals surface area contributed by atoms with Gasteiger partial charge in [-0.25, -0.2) is 9.67 Å². The average Bonchev–Trinajstić information content (AvgIpc) is 3.08. The predicted molar refractivity (Wildman–Crippen MR) is 103 cm³/mol. The number of aromatic nitrogens is 3. The standard InChI is InChI=1S/C18H25ClN6O/c1-4-16-23-17-8-7-14(11-25(17)24-16)22-18(20-2)21-10-12-5-6-13(19)9-15(12)26-3/h5-6,9,14H,4,7-8,10-11H2,1-3H3,(H2,20,21,22). The summed E-state index contributed by atoms with van der Waals surface area (Å²) < 4.78 is 7.40. The molecule has 1 aliphatic heterocycles. The summed E-state index contributed by atoms with van der Waals surface area (Å²) in [6.07, 6.45) is 2.80. The van der Waals surface area contributed by atoms with Crippen LogP contribution < -0.4 is 15.4 Å². The quantitative estimate of drug-likeness (QED) is 0.618. The first-order valence-corrected chi connectivity index (χ1v) is 9.23. The highest BCUT2D eigenvalue weighted by molar-refractivity contribution is 6.30. The molecule has 2 aromatic rings. The number of hydrogen-bond acceptors (Lipinski definition) is 4. The van der Waals surface area contributed by atoms with Crippen LogP contribution in [0.25, 0.3) is 0 Å². The van der Waals surface area contributed by atoms with E-state index in [1.807, 2.05) is 22.9 Å². The molecule has 1 aromatic carbocycles. The van der Waals surface area contributed by atoms with Crippen molar-refractivity contribution >= 4 is 17.6 Å². The molecule has 0 radical (unpaired) electrons. The molecule has 8 heteroatoms. The van der Waals surface area contributed by atoms with Crippen molar-refractivity contribution in [3.8, 4) is 5.75 Å². The van der Waals surface area contributed by atoms with Crippen molar-refractivity contribution in [1.29, 1.82) is 0 Å². The fourth-order valence-corrected chi connectivity index (χ4v) is 3.22. The Bertz CT molecular complexity index is 788. The molecular formula is C18H25ClN6O. The summed E-state index contributed by atoms with van der Waals surface area (Å²) in [5, 5.41) is 12.0.